The summed E-state index contributed by atoms with van der Waals surface area (Å²) in [6.45, 7) is 9.00. The molecule has 2 aliphatic rings. The van der Waals surface area contributed by atoms with Crippen LogP contribution < -0.4 is 4.90 Å². The van der Waals surface area contributed by atoms with Gasteiger partial charge in [0.2, 0.25) is 0 Å². The lowest BCUT2D eigenvalue weighted by molar-refractivity contribution is -0.124. The molecule has 66 heavy (non-hydrogen) atoms. The number of carbonyl (C=O) groups is 2. The van der Waals surface area contributed by atoms with Crippen LogP contribution in [0.5, 0.6) is 0 Å². The molecule has 0 aliphatic carbocycles. The maximum Gasteiger partial charge on any atom is 0.261 e. The van der Waals surface area contributed by atoms with Crippen LogP contribution in [0, 0.1) is 27.7 Å². The average Bonchev–Trinajstić information content (AvgIpc) is 3.78. The Labute approximate surface area is 388 Å². The molecule has 322 valence electrons. The third-order valence-corrected chi connectivity index (χ3v) is 12.8. The number of anilines is 3. The average molecular weight is 858 g/mol. The van der Waals surface area contributed by atoms with Crippen molar-refractivity contribution in [2.24, 2.45) is 0 Å². The van der Waals surface area contributed by atoms with Crippen molar-refractivity contribution in [2.45, 2.75) is 46.7 Å². The van der Waals surface area contributed by atoms with E-state index >= 15 is 9.59 Å². The van der Waals surface area contributed by atoms with Crippen LogP contribution >= 0.6 is 0 Å². The summed E-state index contributed by atoms with van der Waals surface area (Å²) in [5, 5.41) is 0. The molecule has 8 aromatic rings. The second kappa shape index (κ2) is 17.9. The van der Waals surface area contributed by atoms with Crippen LogP contribution in [0.15, 0.2) is 217 Å². The highest BCUT2D eigenvalue weighted by Crippen LogP contribution is 2.49. The van der Waals surface area contributed by atoms with Crippen molar-refractivity contribution in [3.05, 3.63) is 279 Å². The van der Waals surface area contributed by atoms with Crippen LogP contribution in [0.4, 0.5) is 17.1 Å². The van der Waals surface area contributed by atoms with Gasteiger partial charge in [-0.05, 0) is 104 Å². The normalized spacial score (nSPS) is 13.6. The van der Waals surface area contributed by atoms with E-state index in [-0.39, 0.29) is 17.7 Å². The van der Waals surface area contributed by atoms with Crippen LogP contribution in [0.25, 0.3) is 11.4 Å². The number of fused-ring (bicyclic) bond motifs is 1. The SMILES string of the molecule is Cc1ccc(C(c2ccc(C)cc2)c2cccc(C3=C4C(=O)N(Cc5ccccc5)C(c5cccc(N(c6ccc(C)cc6)c6ccc(C)cc6)c5)=C4C(=O)N3Cc3ccccc3)c2)cc1. The smallest absolute Gasteiger partial charge is 0.261 e. The molecule has 2 aliphatic heterocycles. The second-order valence-corrected chi connectivity index (χ2v) is 17.6. The zero-order valence-corrected chi connectivity index (χ0v) is 37.8. The molecule has 0 atom stereocenters. The quantitative estimate of drug-likeness (QED) is 0.115. The molecular formula is C61H51N3O2. The van der Waals surface area contributed by atoms with Gasteiger partial charge in [0.1, 0.15) is 0 Å². The number of hydrogen-bond donors (Lipinski definition) is 0. The minimum Gasteiger partial charge on any atom is -0.310 e. The number of carbonyl (C=O) groups excluding carboxylic acids is 2. The third-order valence-electron chi connectivity index (χ3n) is 12.8. The van der Waals surface area contributed by atoms with E-state index in [9.17, 15) is 0 Å². The Bertz CT molecular complexity index is 2830. The number of aryl methyl sites for hydroxylation is 4. The van der Waals surface area contributed by atoms with E-state index in [1.807, 2.05) is 82.6 Å². The first-order valence-corrected chi connectivity index (χ1v) is 22.7. The fourth-order valence-corrected chi connectivity index (χ4v) is 9.42. The van der Waals surface area contributed by atoms with E-state index in [4.69, 9.17) is 0 Å². The Morgan fingerprint density at radius 2 is 0.773 bits per heavy atom. The van der Waals surface area contributed by atoms with Gasteiger partial charge in [-0.15, -0.1) is 0 Å². The second-order valence-electron chi connectivity index (χ2n) is 17.6. The molecule has 2 amide bonds. The molecule has 2 heterocycles. The molecule has 8 aromatic carbocycles. The fourth-order valence-electron chi connectivity index (χ4n) is 9.42. The highest BCUT2D eigenvalue weighted by Gasteiger charge is 2.49. The predicted octanol–water partition coefficient (Wildman–Crippen LogP) is 13.8. The van der Waals surface area contributed by atoms with Crippen LogP contribution in [0.1, 0.15) is 67.1 Å². The molecule has 0 saturated heterocycles. The van der Waals surface area contributed by atoms with Gasteiger partial charge in [-0.1, -0.05) is 186 Å². The molecule has 0 aromatic heterocycles. The van der Waals surface area contributed by atoms with E-state index in [1.54, 1.807) is 0 Å². The van der Waals surface area contributed by atoms with Gasteiger partial charge in [-0.2, -0.15) is 0 Å². The Morgan fingerprint density at radius 3 is 1.21 bits per heavy atom. The summed E-state index contributed by atoms with van der Waals surface area (Å²) >= 11 is 0. The standard InChI is InChI=1S/C61H51N3O2/c1-41-21-29-47(30-22-41)55(48-31-23-42(2)24-32-48)49-17-11-18-50(37-49)58-56-57(61(66)62(58)39-45-13-7-5-8-14-45)59(63(60(56)65)40-46-15-9-6-10-16-46)51-19-12-20-54(38-51)64(52-33-25-43(3)26-34-52)53-35-27-44(4)28-36-53/h5-38,55H,39-40H2,1-4H3. The van der Waals surface area contributed by atoms with Crippen molar-refractivity contribution in [3.63, 3.8) is 0 Å². The van der Waals surface area contributed by atoms with Crippen molar-refractivity contribution >= 4 is 40.3 Å². The molecule has 0 bridgehead atoms. The van der Waals surface area contributed by atoms with E-state index in [0.29, 0.717) is 35.6 Å². The minimum atomic E-state index is -0.193. The van der Waals surface area contributed by atoms with Gasteiger partial charge < -0.3 is 14.7 Å². The van der Waals surface area contributed by atoms with Gasteiger partial charge in [-0.25, -0.2) is 0 Å². The summed E-state index contributed by atoms with van der Waals surface area (Å²) in [6.07, 6.45) is 0. The summed E-state index contributed by atoms with van der Waals surface area (Å²) < 4.78 is 0. The fraction of sp³-hybridized carbons (Fsp3) is 0.115. The van der Waals surface area contributed by atoms with E-state index in [2.05, 4.69) is 166 Å². The predicted molar refractivity (Wildman–Crippen MR) is 268 cm³/mol. The lowest BCUT2D eigenvalue weighted by atomic mass is 9.83. The number of amides is 2. The van der Waals surface area contributed by atoms with Crippen molar-refractivity contribution in [1.29, 1.82) is 0 Å². The molecule has 0 fully saturated rings. The van der Waals surface area contributed by atoms with E-state index in [1.165, 1.54) is 33.4 Å². The number of hydrogen-bond acceptors (Lipinski definition) is 3. The number of benzene rings is 8. The van der Waals surface area contributed by atoms with Gasteiger partial charge in [0.15, 0.2) is 0 Å². The Balaban J connectivity index is 1.18. The molecular weight excluding hydrogens is 807 g/mol. The van der Waals surface area contributed by atoms with Crippen molar-refractivity contribution in [3.8, 4) is 0 Å². The largest absolute Gasteiger partial charge is 0.310 e. The summed E-state index contributed by atoms with van der Waals surface area (Å²) in [4.78, 5) is 37.1. The maximum absolute atomic E-state index is 15.6. The summed E-state index contributed by atoms with van der Waals surface area (Å²) in [7, 11) is 0. The van der Waals surface area contributed by atoms with Crippen molar-refractivity contribution in [2.75, 3.05) is 4.90 Å². The van der Waals surface area contributed by atoms with E-state index < -0.39 is 0 Å². The first-order valence-electron chi connectivity index (χ1n) is 22.7. The van der Waals surface area contributed by atoms with Crippen LogP contribution in [0.3, 0.4) is 0 Å². The highest BCUT2D eigenvalue weighted by molar-refractivity contribution is 6.30. The van der Waals surface area contributed by atoms with Gasteiger partial charge in [0.25, 0.3) is 11.8 Å². The first kappa shape index (κ1) is 42.0. The lowest BCUT2D eigenvalue weighted by Gasteiger charge is -2.28. The Kier molecular flexibility index (Phi) is 11.4. The number of rotatable bonds is 12. The van der Waals surface area contributed by atoms with Gasteiger partial charge in [0, 0.05) is 28.5 Å². The van der Waals surface area contributed by atoms with Gasteiger partial charge in [0.05, 0.1) is 35.6 Å². The first-order chi connectivity index (χ1) is 32.2. The van der Waals surface area contributed by atoms with Crippen LogP contribution in [0.2, 0.25) is 0 Å². The molecule has 0 N–H and O–H groups in total. The van der Waals surface area contributed by atoms with Gasteiger partial charge >= 0.3 is 0 Å². The zero-order chi connectivity index (χ0) is 45.3. The van der Waals surface area contributed by atoms with Gasteiger partial charge in [-0.3, -0.25) is 9.59 Å². The minimum absolute atomic E-state index is 0.0800. The summed E-state index contributed by atoms with van der Waals surface area (Å²) in [5.74, 6) is -0.467. The molecule has 10 rings (SSSR count). The van der Waals surface area contributed by atoms with E-state index in [0.717, 1.165) is 44.9 Å². The zero-order valence-electron chi connectivity index (χ0n) is 37.8. The number of nitrogens with zero attached hydrogens (tertiary/aromatic N) is 3. The lowest BCUT2D eigenvalue weighted by Crippen LogP contribution is -2.29. The van der Waals surface area contributed by atoms with Crippen LogP contribution in [-0.4, -0.2) is 21.6 Å². The molecule has 0 saturated carbocycles. The Hall–Kier alpha value is -8.02. The highest BCUT2D eigenvalue weighted by atomic mass is 16.2. The topological polar surface area (TPSA) is 43.9 Å². The molecule has 5 heteroatoms. The molecule has 0 radical (unpaired) electrons. The Morgan fingerprint density at radius 1 is 0.379 bits per heavy atom. The summed E-state index contributed by atoms with van der Waals surface area (Å²) in [6, 6.07) is 71.3. The monoisotopic (exact) mass is 857 g/mol. The van der Waals surface area contributed by atoms with Crippen LogP contribution in [-0.2, 0) is 22.7 Å². The maximum atomic E-state index is 15.6. The van der Waals surface area contributed by atoms with Crippen molar-refractivity contribution < 1.29 is 9.59 Å². The molecule has 0 unspecified atom stereocenters. The third kappa shape index (κ3) is 8.16. The summed E-state index contributed by atoms with van der Waals surface area (Å²) in [5.41, 5.74) is 16.7. The van der Waals surface area contributed by atoms with Crippen molar-refractivity contribution in [1.82, 2.24) is 9.80 Å². The molecule has 0 spiro atoms. The molecule has 5 nitrogen and oxygen atoms in total.